The van der Waals surface area contributed by atoms with Gasteiger partial charge in [-0.05, 0) is 37.1 Å². The van der Waals surface area contributed by atoms with Crippen molar-refractivity contribution in [3.63, 3.8) is 0 Å². The van der Waals surface area contributed by atoms with Gasteiger partial charge in [0.15, 0.2) is 5.82 Å². The third-order valence-corrected chi connectivity index (χ3v) is 4.10. The van der Waals surface area contributed by atoms with Gasteiger partial charge in [0.05, 0.1) is 18.1 Å². The number of halogens is 3. The molecule has 29 heavy (non-hydrogen) atoms. The molecule has 0 aliphatic rings. The normalized spacial score (nSPS) is 12.3. The number of ether oxygens (including phenoxy) is 1. The second kappa shape index (κ2) is 10.6. The van der Waals surface area contributed by atoms with Crippen LogP contribution in [0.1, 0.15) is 32.6 Å². The second-order valence-corrected chi connectivity index (χ2v) is 6.32. The first-order valence-electron chi connectivity index (χ1n) is 9.17. The smallest absolute Gasteiger partial charge is 0.406 e. The Kier molecular flexibility index (Phi) is 8.20. The molecule has 0 bridgehead atoms. The van der Waals surface area contributed by atoms with Gasteiger partial charge < -0.3 is 9.84 Å². The Morgan fingerprint density at radius 2 is 1.90 bits per heavy atom. The van der Waals surface area contributed by atoms with Crippen LogP contribution in [0.2, 0.25) is 0 Å². The summed E-state index contributed by atoms with van der Waals surface area (Å²) in [7, 11) is 0. The lowest BCUT2D eigenvalue weighted by atomic mass is 9.98. The Bertz CT molecular complexity index is 768. The van der Waals surface area contributed by atoms with E-state index in [2.05, 4.69) is 25.6 Å². The zero-order chi connectivity index (χ0) is 21.3. The first-order valence-corrected chi connectivity index (χ1v) is 9.17. The van der Waals surface area contributed by atoms with Crippen molar-refractivity contribution >= 4 is 11.7 Å². The zero-order valence-electron chi connectivity index (χ0n) is 15.9. The van der Waals surface area contributed by atoms with Gasteiger partial charge in [0, 0.05) is 18.1 Å². The van der Waals surface area contributed by atoms with E-state index < -0.39 is 6.36 Å². The van der Waals surface area contributed by atoms with Crippen molar-refractivity contribution in [3.05, 3.63) is 36.7 Å². The Labute approximate surface area is 166 Å². The van der Waals surface area contributed by atoms with E-state index in [0.29, 0.717) is 29.9 Å². The summed E-state index contributed by atoms with van der Waals surface area (Å²) in [4.78, 5) is 20.5. The summed E-state index contributed by atoms with van der Waals surface area (Å²) >= 11 is 0. The van der Waals surface area contributed by atoms with Gasteiger partial charge in [-0.15, -0.1) is 13.2 Å². The number of hydrazine groups is 1. The summed E-state index contributed by atoms with van der Waals surface area (Å²) in [6.45, 7) is 1.96. The molecule has 0 spiro atoms. The summed E-state index contributed by atoms with van der Waals surface area (Å²) in [6, 6.07) is 5.25. The summed E-state index contributed by atoms with van der Waals surface area (Å²) in [5.74, 6) is -0.552. The summed E-state index contributed by atoms with van der Waals surface area (Å²) in [5, 5.41) is 9.10. The maximum atomic E-state index is 12.2. The topological polar surface area (TPSA) is 96.4 Å². The first kappa shape index (κ1) is 22.4. The molecule has 2 rings (SSSR count). The molecule has 1 amide bonds. The average molecular weight is 412 g/mol. The lowest BCUT2D eigenvalue weighted by Gasteiger charge is -2.16. The summed E-state index contributed by atoms with van der Waals surface area (Å²) < 4.78 is 40.4. The van der Waals surface area contributed by atoms with Gasteiger partial charge in [-0.1, -0.05) is 19.8 Å². The van der Waals surface area contributed by atoms with Crippen LogP contribution in [0, 0.1) is 5.92 Å². The van der Waals surface area contributed by atoms with Crippen LogP contribution in [-0.2, 0) is 4.79 Å². The number of carbonyl (C=O) groups is 1. The van der Waals surface area contributed by atoms with E-state index in [1.54, 1.807) is 0 Å². The highest BCUT2D eigenvalue weighted by atomic mass is 19.4. The number of hydrogen-bond donors (Lipinski definition) is 3. The van der Waals surface area contributed by atoms with Gasteiger partial charge in [0.1, 0.15) is 5.75 Å². The van der Waals surface area contributed by atoms with Crippen LogP contribution in [0.15, 0.2) is 36.7 Å². The Morgan fingerprint density at radius 1 is 1.17 bits per heavy atom. The molecule has 10 heteroatoms. The van der Waals surface area contributed by atoms with E-state index in [1.165, 1.54) is 36.7 Å². The van der Waals surface area contributed by atoms with E-state index in [1.807, 2.05) is 6.92 Å². The number of aliphatic hydroxyl groups is 1. The van der Waals surface area contributed by atoms with Crippen molar-refractivity contribution in [3.8, 4) is 17.0 Å². The lowest BCUT2D eigenvalue weighted by molar-refractivity contribution is -0.274. The number of hydrogen-bond acceptors (Lipinski definition) is 6. The Morgan fingerprint density at radius 3 is 2.45 bits per heavy atom. The maximum Gasteiger partial charge on any atom is 0.573 e. The van der Waals surface area contributed by atoms with Gasteiger partial charge in [0.25, 0.3) is 0 Å². The van der Waals surface area contributed by atoms with E-state index in [9.17, 15) is 18.0 Å². The Hall–Kier alpha value is -2.88. The molecule has 1 unspecified atom stereocenters. The van der Waals surface area contributed by atoms with E-state index in [0.717, 1.165) is 12.8 Å². The van der Waals surface area contributed by atoms with Crippen LogP contribution in [0.3, 0.4) is 0 Å². The minimum absolute atomic E-state index is 0.0664. The number of amides is 1. The fourth-order valence-corrected chi connectivity index (χ4v) is 2.61. The molecule has 1 heterocycles. The third kappa shape index (κ3) is 7.57. The average Bonchev–Trinajstić information content (AvgIpc) is 2.69. The second-order valence-electron chi connectivity index (χ2n) is 6.32. The van der Waals surface area contributed by atoms with Gasteiger partial charge in [-0.2, -0.15) is 0 Å². The van der Waals surface area contributed by atoms with E-state index >= 15 is 0 Å². The fraction of sp³-hybridized carbons (Fsp3) is 0.421. The van der Waals surface area contributed by atoms with Crippen molar-refractivity contribution in [2.75, 3.05) is 12.0 Å². The minimum Gasteiger partial charge on any atom is -0.406 e. The van der Waals surface area contributed by atoms with Crippen molar-refractivity contribution in [1.29, 1.82) is 0 Å². The van der Waals surface area contributed by atoms with Gasteiger partial charge in [-0.25, -0.2) is 4.98 Å². The van der Waals surface area contributed by atoms with Gasteiger partial charge in [0.2, 0.25) is 5.91 Å². The van der Waals surface area contributed by atoms with Crippen molar-refractivity contribution < 1.29 is 27.8 Å². The highest BCUT2D eigenvalue weighted by Crippen LogP contribution is 2.25. The third-order valence-electron chi connectivity index (χ3n) is 4.10. The number of aromatic nitrogens is 2. The zero-order valence-corrected chi connectivity index (χ0v) is 15.9. The number of aliphatic hydroxyl groups excluding tert-OH is 1. The SMILES string of the molecule is CCCCC(CCO)C(=O)NNc1cnc(-c2ccc(OC(F)(F)F)cc2)cn1. The van der Waals surface area contributed by atoms with E-state index in [4.69, 9.17) is 5.11 Å². The molecule has 0 fully saturated rings. The molecule has 3 N–H and O–H groups in total. The lowest BCUT2D eigenvalue weighted by Crippen LogP contribution is -2.35. The molecular weight excluding hydrogens is 389 g/mol. The number of alkyl halides is 3. The molecule has 158 valence electrons. The van der Waals surface area contributed by atoms with Crippen LogP contribution in [0.4, 0.5) is 19.0 Å². The number of rotatable bonds is 10. The number of nitrogens with zero attached hydrogens (tertiary/aromatic N) is 2. The quantitative estimate of drug-likeness (QED) is 0.515. The molecular formula is C19H23F3N4O3. The highest BCUT2D eigenvalue weighted by molar-refractivity contribution is 5.79. The number of unbranched alkanes of at least 4 members (excludes halogenated alkanes) is 1. The molecule has 1 aromatic carbocycles. The van der Waals surface area contributed by atoms with Crippen molar-refractivity contribution in [2.24, 2.45) is 5.92 Å². The predicted molar refractivity (Wildman–Crippen MR) is 101 cm³/mol. The van der Waals surface area contributed by atoms with Crippen LogP contribution in [-0.4, -0.2) is 34.0 Å². The molecule has 7 nitrogen and oxygen atoms in total. The number of nitrogens with one attached hydrogen (secondary N) is 2. The molecule has 2 aromatic rings. The first-order chi connectivity index (χ1) is 13.8. The maximum absolute atomic E-state index is 12.2. The molecule has 1 aromatic heterocycles. The fourth-order valence-electron chi connectivity index (χ4n) is 2.61. The number of anilines is 1. The summed E-state index contributed by atoms with van der Waals surface area (Å²) in [6.07, 6.45) is 0.985. The standard InChI is InChI=1S/C19H23F3N4O3/c1-2-3-4-14(9-10-27)18(28)26-25-17-12-23-16(11-24-17)13-5-7-15(8-6-13)29-19(20,21)22/h5-8,11-12,14,27H,2-4,9-10H2,1H3,(H,24,25)(H,26,28). The highest BCUT2D eigenvalue weighted by Gasteiger charge is 2.31. The van der Waals surface area contributed by atoms with Crippen LogP contribution >= 0.6 is 0 Å². The largest absolute Gasteiger partial charge is 0.573 e. The molecule has 0 saturated heterocycles. The monoisotopic (exact) mass is 412 g/mol. The van der Waals surface area contributed by atoms with Gasteiger partial charge in [-0.3, -0.25) is 20.6 Å². The molecule has 1 atom stereocenters. The van der Waals surface area contributed by atoms with Gasteiger partial charge >= 0.3 is 6.36 Å². The number of carbonyl (C=O) groups excluding carboxylic acids is 1. The number of benzene rings is 1. The summed E-state index contributed by atoms with van der Waals surface area (Å²) in [5.41, 5.74) is 6.24. The molecule has 0 aliphatic heterocycles. The molecule has 0 saturated carbocycles. The van der Waals surface area contributed by atoms with Crippen molar-refractivity contribution in [1.82, 2.24) is 15.4 Å². The van der Waals surface area contributed by atoms with E-state index in [-0.39, 0.29) is 24.2 Å². The van der Waals surface area contributed by atoms with Crippen LogP contribution < -0.4 is 15.6 Å². The molecule has 0 aliphatic carbocycles. The minimum atomic E-state index is -4.74. The Balaban J connectivity index is 1.93. The molecule has 0 radical (unpaired) electrons. The van der Waals surface area contributed by atoms with Crippen LogP contribution in [0.5, 0.6) is 5.75 Å². The van der Waals surface area contributed by atoms with Crippen LogP contribution in [0.25, 0.3) is 11.3 Å². The van der Waals surface area contributed by atoms with Crippen molar-refractivity contribution in [2.45, 2.75) is 39.0 Å². The predicted octanol–water partition coefficient (Wildman–Crippen LogP) is 3.67.